The second-order valence-electron chi connectivity index (χ2n) is 3.79. The first kappa shape index (κ1) is 15.6. The Morgan fingerprint density at radius 3 is 2.70 bits per heavy atom. The Labute approximate surface area is 114 Å². The van der Waals surface area contributed by atoms with Crippen LogP contribution in [0.1, 0.15) is 23.7 Å². The maximum absolute atomic E-state index is 11.6. The van der Waals surface area contributed by atoms with Crippen LogP contribution in [0.2, 0.25) is 0 Å². The lowest BCUT2D eigenvalue weighted by molar-refractivity contribution is -0.384. The molecule has 0 saturated carbocycles. The number of nitrogens with one attached hydrogen (secondary N) is 1. The number of nitrogens with zero attached hydrogens (tertiary/aromatic N) is 1. The summed E-state index contributed by atoms with van der Waals surface area (Å²) in [5.74, 6) is -1.72. The third kappa shape index (κ3) is 4.32. The van der Waals surface area contributed by atoms with Crippen LogP contribution in [0.5, 0.6) is 0 Å². The zero-order valence-electron chi connectivity index (χ0n) is 10.8. The zero-order valence-corrected chi connectivity index (χ0v) is 10.8. The van der Waals surface area contributed by atoms with E-state index in [0.717, 1.165) is 6.07 Å². The van der Waals surface area contributed by atoms with Gasteiger partial charge in [-0.25, -0.2) is 4.79 Å². The van der Waals surface area contributed by atoms with Gasteiger partial charge < -0.3 is 15.2 Å². The molecule has 0 bridgehead atoms. The van der Waals surface area contributed by atoms with E-state index in [1.165, 1.54) is 12.1 Å². The Morgan fingerprint density at radius 2 is 2.15 bits per heavy atom. The molecular formula is C12H14N2O6. The lowest BCUT2D eigenvalue weighted by Crippen LogP contribution is -2.15. The highest BCUT2D eigenvalue weighted by atomic mass is 16.6. The first-order valence-corrected chi connectivity index (χ1v) is 5.85. The standard InChI is InChI=1S/C12H14N2O6/c1-2-20-6-5-11(15)13-9-4-3-8(12(16)17)7-10(9)14(18)19/h3-4,7H,2,5-6H2,1H3,(H,13,15)(H,16,17). The molecule has 0 aromatic heterocycles. The summed E-state index contributed by atoms with van der Waals surface area (Å²) in [6.07, 6.45) is 0.0612. The van der Waals surface area contributed by atoms with E-state index in [9.17, 15) is 19.7 Å². The number of anilines is 1. The Bertz CT molecular complexity index is 529. The maximum atomic E-state index is 11.6. The number of benzene rings is 1. The van der Waals surface area contributed by atoms with E-state index < -0.39 is 22.5 Å². The molecule has 0 spiro atoms. The van der Waals surface area contributed by atoms with Crippen molar-refractivity contribution in [2.24, 2.45) is 0 Å². The smallest absolute Gasteiger partial charge is 0.335 e. The third-order valence-electron chi connectivity index (χ3n) is 2.39. The van der Waals surface area contributed by atoms with Crippen molar-refractivity contribution in [3.63, 3.8) is 0 Å². The SMILES string of the molecule is CCOCCC(=O)Nc1ccc(C(=O)O)cc1[N+](=O)[O-]. The van der Waals surface area contributed by atoms with Gasteiger partial charge in [-0.05, 0) is 19.1 Å². The molecule has 0 fully saturated rings. The van der Waals surface area contributed by atoms with Gasteiger partial charge in [0, 0.05) is 12.7 Å². The number of carboxylic acids is 1. The molecule has 0 aliphatic rings. The average molecular weight is 282 g/mol. The van der Waals surface area contributed by atoms with Gasteiger partial charge in [-0.15, -0.1) is 0 Å². The first-order valence-electron chi connectivity index (χ1n) is 5.85. The molecule has 1 amide bonds. The van der Waals surface area contributed by atoms with Crippen LogP contribution in [0, 0.1) is 10.1 Å². The van der Waals surface area contributed by atoms with Crippen molar-refractivity contribution in [2.45, 2.75) is 13.3 Å². The van der Waals surface area contributed by atoms with Gasteiger partial charge in [0.25, 0.3) is 5.69 Å². The quantitative estimate of drug-likeness (QED) is 0.446. The van der Waals surface area contributed by atoms with Crippen LogP contribution >= 0.6 is 0 Å². The number of ether oxygens (including phenoxy) is 1. The number of carbonyl (C=O) groups is 2. The normalized spacial score (nSPS) is 10.1. The molecule has 108 valence electrons. The van der Waals surface area contributed by atoms with Crippen LogP contribution in [0.3, 0.4) is 0 Å². The second kappa shape index (κ2) is 7.19. The summed E-state index contributed by atoms with van der Waals surface area (Å²) in [6, 6.07) is 3.29. The first-order chi connectivity index (χ1) is 9.45. The van der Waals surface area contributed by atoms with E-state index in [0.29, 0.717) is 6.61 Å². The maximum Gasteiger partial charge on any atom is 0.335 e. The number of amides is 1. The van der Waals surface area contributed by atoms with Crippen molar-refractivity contribution in [1.82, 2.24) is 0 Å². The van der Waals surface area contributed by atoms with Crippen molar-refractivity contribution >= 4 is 23.3 Å². The Balaban J connectivity index is 2.86. The van der Waals surface area contributed by atoms with E-state index in [-0.39, 0.29) is 24.3 Å². The zero-order chi connectivity index (χ0) is 15.1. The predicted molar refractivity (Wildman–Crippen MR) is 69.8 cm³/mol. The van der Waals surface area contributed by atoms with Crippen LogP contribution in [0.25, 0.3) is 0 Å². The molecule has 0 saturated heterocycles. The van der Waals surface area contributed by atoms with Crippen LogP contribution in [-0.2, 0) is 9.53 Å². The average Bonchev–Trinajstić information content (AvgIpc) is 2.38. The Kier molecular flexibility index (Phi) is 5.60. The lowest BCUT2D eigenvalue weighted by atomic mass is 10.1. The largest absolute Gasteiger partial charge is 0.478 e. The highest BCUT2D eigenvalue weighted by Gasteiger charge is 2.18. The van der Waals surface area contributed by atoms with Crippen molar-refractivity contribution < 1.29 is 24.4 Å². The molecule has 0 unspecified atom stereocenters. The number of hydrogen-bond donors (Lipinski definition) is 2. The molecule has 1 rings (SSSR count). The summed E-state index contributed by atoms with van der Waals surface area (Å²) in [5, 5.41) is 22.0. The number of carbonyl (C=O) groups excluding carboxylic acids is 1. The van der Waals surface area contributed by atoms with Crippen molar-refractivity contribution in [3.8, 4) is 0 Å². The number of nitro benzene ring substituents is 1. The molecule has 1 aromatic carbocycles. The number of carboxylic acid groups (broad SMARTS) is 1. The fourth-order valence-corrected chi connectivity index (χ4v) is 1.44. The second-order valence-corrected chi connectivity index (χ2v) is 3.79. The molecular weight excluding hydrogens is 268 g/mol. The van der Waals surface area contributed by atoms with Gasteiger partial charge in [0.2, 0.25) is 5.91 Å². The molecule has 1 aromatic rings. The van der Waals surface area contributed by atoms with Crippen molar-refractivity contribution in [2.75, 3.05) is 18.5 Å². The van der Waals surface area contributed by atoms with Gasteiger partial charge in [0.15, 0.2) is 0 Å². The van der Waals surface area contributed by atoms with Gasteiger partial charge in [-0.2, -0.15) is 0 Å². The number of nitro groups is 1. The van der Waals surface area contributed by atoms with Gasteiger partial charge in [-0.1, -0.05) is 0 Å². The van der Waals surface area contributed by atoms with Crippen LogP contribution < -0.4 is 5.32 Å². The van der Waals surface area contributed by atoms with E-state index in [1.54, 1.807) is 6.92 Å². The number of rotatable bonds is 7. The number of aromatic carboxylic acids is 1. The fourth-order valence-electron chi connectivity index (χ4n) is 1.44. The topological polar surface area (TPSA) is 119 Å². The van der Waals surface area contributed by atoms with Gasteiger partial charge in [0.05, 0.1) is 23.5 Å². The van der Waals surface area contributed by atoms with Crippen LogP contribution in [0.15, 0.2) is 18.2 Å². The Hall–Kier alpha value is -2.48. The van der Waals surface area contributed by atoms with Crippen LogP contribution in [0.4, 0.5) is 11.4 Å². The van der Waals surface area contributed by atoms with Gasteiger partial charge in [0.1, 0.15) is 5.69 Å². The van der Waals surface area contributed by atoms with E-state index in [2.05, 4.69) is 5.32 Å². The molecule has 0 atom stereocenters. The minimum Gasteiger partial charge on any atom is -0.478 e. The lowest BCUT2D eigenvalue weighted by Gasteiger charge is -2.06. The van der Waals surface area contributed by atoms with E-state index in [4.69, 9.17) is 9.84 Å². The monoisotopic (exact) mass is 282 g/mol. The number of hydrogen-bond acceptors (Lipinski definition) is 5. The summed E-state index contributed by atoms with van der Waals surface area (Å²) in [4.78, 5) is 32.4. The molecule has 0 radical (unpaired) electrons. The molecule has 2 N–H and O–H groups in total. The Morgan fingerprint density at radius 1 is 1.45 bits per heavy atom. The minimum absolute atomic E-state index is 0.0403. The van der Waals surface area contributed by atoms with Crippen molar-refractivity contribution in [3.05, 3.63) is 33.9 Å². The molecule has 20 heavy (non-hydrogen) atoms. The molecule has 0 aliphatic heterocycles. The van der Waals surface area contributed by atoms with Gasteiger partial charge in [-0.3, -0.25) is 14.9 Å². The summed E-state index contributed by atoms with van der Waals surface area (Å²) in [6.45, 7) is 2.47. The highest BCUT2D eigenvalue weighted by molar-refractivity contribution is 5.95. The summed E-state index contributed by atoms with van der Waals surface area (Å²) in [7, 11) is 0. The molecule has 0 heterocycles. The van der Waals surface area contributed by atoms with E-state index in [1.807, 2.05) is 0 Å². The third-order valence-corrected chi connectivity index (χ3v) is 2.39. The van der Waals surface area contributed by atoms with Gasteiger partial charge >= 0.3 is 5.97 Å². The minimum atomic E-state index is -1.28. The highest BCUT2D eigenvalue weighted by Crippen LogP contribution is 2.25. The van der Waals surface area contributed by atoms with Crippen molar-refractivity contribution in [1.29, 1.82) is 0 Å². The van der Waals surface area contributed by atoms with E-state index >= 15 is 0 Å². The molecule has 8 nitrogen and oxygen atoms in total. The fraction of sp³-hybridized carbons (Fsp3) is 0.333. The van der Waals surface area contributed by atoms with Crippen LogP contribution in [-0.4, -0.2) is 35.1 Å². The summed E-state index contributed by atoms with van der Waals surface area (Å²) < 4.78 is 5.00. The predicted octanol–water partition coefficient (Wildman–Crippen LogP) is 1.66. The summed E-state index contributed by atoms with van der Waals surface area (Å²) in [5.41, 5.74) is -0.722. The summed E-state index contributed by atoms with van der Waals surface area (Å²) >= 11 is 0. The molecule has 8 heteroatoms. The molecule has 0 aliphatic carbocycles.